The number of urea groups is 1. The number of alkyl halides is 3. The van der Waals surface area contributed by atoms with Gasteiger partial charge in [-0.2, -0.15) is 13.2 Å². The number of hydrogen-bond donors (Lipinski definition) is 3. The predicted octanol–water partition coefficient (Wildman–Crippen LogP) is 3.06. The van der Waals surface area contributed by atoms with E-state index in [1.807, 2.05) is 0 Å². The van der Waals surface area contributed by atoms with Gasteiger partial charge in [-0.15, -0.1) is 0 Å². The van der Waals surface area contributed by atoms with E-state index in [-0.39, 0.29) is 24.1 Å². The lowest BCUT2D eigenvalue weighted by Crippen LogP contribution is -2.43. The Hall–Kier alpha value is -2.09. The SMILES string of the molecule is O=C(NC(CC(F)(F)F)c1ccc(F)cc1)N[C@@H]1C=C[C@H](CO)C1. The molecule has 1 aliphatic rings. The van der Waals surface area contributed by atoms with Gasteiger partial charge < -0.3 is 15.7 Å². The second-order valence-electron chi connectivity index (χ2n) is 5.71. The molecule has 1 aromatic carbocycles. The van der Waals surface area contributed by atoms with Gasteiger partial charge in [0.2, 0.25) is 0 Å². The first-order valence-corrected chi connectivity index (χ1v) is 7.45. The van der Waals surface area contributed by atoms with Crippen LogP contribution in [0.15, 0.2) is 36.4 Å². The molecule has 2 rings (SSSR count). The zero-order valence-electron chi connectivity index (χ0n) is 12.7. The van der Waals surface area contributed by atoms with Gasteiger partial charge in [-0.1, -0.05) is 24.3 Å². The van der Waals surface area contributed by atoms with Gasteiger partial charge in [0.1, 0.15) is 5.82 Å². The van der Waals surface area contributed by atoms with Crippen LogP contribution in [0.4, 0.5) is 22.4 Å². The minimum absolute atomic E-state index is 0.0530. The minimum atomic E-state index is -4.48. The zero-order valence-corrected chi connectivity index (χ0v) is 12.7. The normalized spacial score (nSPS) is 21.5. The zero-order chi connectivity index (χ0) is 17.7. The maximum atomic E-state index is 12.9. The largest absolute Gasteiger partial charge is 0.396 e. The van der Waals surface area contributed by atoms with Crippen LogP contribution in [0.1, 0.15) is 24.4 Å². The Balaban J connectivity index is 2.01. The number of aliphatic hydroxyl groups is 1. The molecule has 24 heavy (non-hydrogen) atoms. The smallest absolute Gasteiger partial charge is 0.391 e. The average molecular weight is 346 g/mol. The number of carbonyl (C=O) groups is 1. The minimum Gasteiger partial charge on any atom is -0.396 e. The highest BCUT2D eigenvalue weighted by molar-refractivity contribution is 5.75. The number of rotatable bonds is 5. The quantitative estimate of drug-likeness (QED) is 0.567. The topological polar surface area (TPSA) is 61.4 Å². The highest BCUT2D eigenvalue weighted by Crippen LogP contribution is 2.29. The number of benzene rings is 1. The van der Waals surface area contributed by atoms with Crippen LogP contribution in [-0.4, -0.2) is 30.0 Å². The average Bonchev–Trinajstić information content (AvgIpc) is 2.93. The monoisotopic (exact) mass is 346 g/mol. The van der Waals surface area contributed by atoms with E-state index >= 15 is 0 Å². The molecule has 132 valence electrons. The first-order valence-electron chi connectivity index (χ1n) is 7.45. The number of carbonyl (C=O) groups excluding carboxylic acids is 1. The van der Waals surface area contributed by atoms with Crippen LogP contribution in [0, 0.1) is 11.7 Å². The molecule has 0 aromatic heterocycles. The molecule has 2 amide bonds. The molecule has 0 fully saturated rings. The van der Waals surface area contributed by atoms with Gasteiger partial charge in [0.05, 0.1) is 12.5 Å². The van der Waals surface area contributed by atoms with Crippen LogP contribution in [0.25, 0.3) is 0 Å². The van der Waals surface area contributed by atoms with Crippen LogP contribution in [0.3, 0.4) is 0 Å². The molecule has 0 radical (unpaired) electrons. The molecule has 4 nitrogen and oxygen atoms in total. The van der Waals surface area contributed by atoms with Crippen molar-refractivity contribution in [1.29, 1.82) is 0 Å². The predicted molar refractivity (Wildman–Crippen MR) is 79.6 cm³/mol. The van der Waals surface area contributed by atoms with Crippen molar-refractivity contribution in [1.82, 2.24) is 10.6 Å². The molecule has 0 aliphatic heterocycles. The van der Waals surface area contributed by atoms with E-state index in [9.17, 15) is 22.4 Å². The number of aliphatic hydroxyl groups excluding tert-OH is 1. The molecule has 0 bridgehead atoms. The van der Waals surface area contributed by atoms with Gasteiger partial charge in [-0.3, -0.25) is 0 Å². The number of nitrogens with one attached hydrogen (secondary N) is 2. The van der Waals surface area contributed by atoms with Gasteiger partial charge in [0.15, 0.2) is 0 Å². The fourth-order valence-electron chi connectivity index (χ4n) is 2.56. The Labute approximate surface area is 136 Å². The van der Waals surface area contributed by atoms with Crippen molar-refractivity contribution in [3.05, 3.63) is 47.8 Å². The third-order valence-corrected chi connectivity index (χ3v) is 3.74. The highest BCUT2D eigenvalue weighted by atomic mass is 19.4. The maximum Gasteiger partial charge on any atom is 0.391 e. The second-order valence-corrected chi connectivity index (χ2v) is 5.71. The van der Waals surface area contributed by atoms with Gasteiger partial charge >= 0.3 is 12.2 Å². The Kier molecular flexibility index (Phi) is 5.82. The molecule has 1 aromatic rings. The first-order chi connectivity index (χ1) is 11.3. The molecular formula is C16H18F4N2O2. The molecule has 1 unspecified atom stereocenters. The molecule has 0 saturated heterocycles. The third-order valence-electron chi connectivity index (χ3n) is 3.74. The lowest BCUT2D eigenvalue weighted by molar-refractivity contribution is -0.139. The molecule has 3 N–H and O–H groups in total. The van der Waals surface area contributed by atoms with Crippen molar-refractivity contribution >= 4 is 6.03 Å². The highest BCUT2D eigenvalue weighted by Gasteiger charge is 2.33. The maximum absolute atomic E-state index is 12.9. The van der Waals surface area contributed by atoms with Crippen LogP contribution >= 0.6 is 0 Å². The summed E-state index contributed by atoms with van der Waals surface area (Å²) in [6.07, 6.45) is -1.81. The van der Waals surface area contributed by atoms with Crippen LogP contribution in [-0.2, 0) is 0 Å². The summed E-state index contributed by atoms with van der Waals surface area (Å²) in [6.45, 7) is -0.0530. The van der Waals surface area contributed by atoms with Crippen molar-refractivity contribution in [2.24, 2.45) is 5.92 Å². The molecule has 8 heteroatoms. The molecular weight excluding hydrogens is 328 g/mol. The van der Waals surface area contributed by atoms with Crippen molar-refractivity contribution in [2.45, 2.75) is 31.1 Å². The van der Waals surface area contributed by atoms with E-state index in [4.69, 9.17) is 5.11 Å². The summed E-state index contributed by atoms with van der Waals surface area (Å²) in [4.78, 5) is 12.0. The fourth-order valence-corrected chi connectivity index (χ4v) is 2.56. The Morgan fingerprint density at radius 1 is 1.25 bits per heavy atom. The summed E-state index contributed by atoms with van der Waals surface area (Å²) in [5, 5.41) is 13.9. The van der Waals surface area contributed by atoms with Crippen LogP contribution < -0.4 is 10.6 Å². The van der Waals surface area contributed by atoms with Gasteiger partial charge in [0, 0.05) is 18.6 Å². The number of amides is 2. The second kappa shape index (κ2) is 7.65. The van der Waals surface area contributed by atoms with Crippen molar-refractivity contribution in [2.75, 3.05) is 6.61 Å². The fraction of sp³-hybridized carbons (Fsp3) is 0.438. The van der Waals surface area contributed by atoms with Gasteiger partial charge in [-0.05, 0) is 24.1 Å². The van der Waals surface area contributed by atoms with E-state index in [1.165, 1.54) is 12.1 Å². The molecule has 1 aliphatic carbocycles. The molecule has 0 heterocycles. The lowest BCUT2D eigenvalue weighted by atomic mass is 10.0. The third kappa shape index (κ3) is 5.52. The summed E-state index contributed by atoms with van der Waals surface area (Å²) < 4.78 is 51.2. The summed E-state index contributed by atoms with van der Waals surface area (Å²) in [7, 11) is 0. The van der Waals surface area contributed by atoms with E-state index in [0.29, 0.717) is 6.42 Å². The van der Waals surface area contributed by atoms with Crippen molar-refractivity contribution in [3.8, 4) is 0 Å². The summed E-state index contributed by atoms with van der Waals surface area (Å²) >= 11 is 0. The van der Waals surface area contributed by atoms with Crippen molar-refractivity contribution < 1.29 is 27.5 Å². The Morgan fingerprint density at radius 2 is 1.92 bits per heavy atom. The van der Waals surface area contributed by atoms with Crippen molar-refractivity contribution in [3.63, 3.8) is 0 Å². The van der Waals surface area contributed by atoms with E-state index < -0.39 is 30.5 Å². The summed E-state index contributed by atoms with van der Waals surface area (Å²) in [6, 6.07) is 2.11. The first kappa shape index (κ1) is 18.3. The Morgan fingerprint density at radius 3 is 2.46 bits per heavy atom. The molecule has 0 spiro atoms. The number of hydrogen-bond acceptors (Lipinski definition) is 2. The van der Waals surface area contributed by atoms with Gasteiger partial charge in [-0.25, -0.2) is 9.18 Å². The van der Waals surface area contributed by atoms with Gasteiger partial charge in [0.25, 0.3) is 0 Å². The standard InChI is InChI=1S/C16H18F4N2O2/c17-12-4-2-11(3-5-12)14(8-16(18,19)20)22-15(24)21-13-6-1-10(7-13)9-23/h1-6,10,13-14,23H,7-9H2,(H2,21,22,24)/t10-,13+,14?/m0/s1. The summed E-state index contributed by atoms with van der Waals surface area (Å²) in [5.74, 6) is -0.640. The summed E-state index contributed by atoms with van der Waals surface area (Å²) in [5.41, 5.74) is 0.166. The van der Waals surface area contributed by atoms with Crippen LogP contribution in [0.5, 0.6) is 0 Å². The lowest BCUT2D eigenvalue weighted by Gasteiger charge is -2.22. The Bertz CT molecular complexity index is 587. The molecule has 0 saturated carbocycles. The number of halogens is 4. The van der Waals surface area contributed by atoms with E-state index in [0.717, 1.165) is 12.1 Å². The van der Waals surface area contributed by atoms with Crippen LogP contribution in [0.2, 0.25) is 0 Å². The van der Waals surface area contributed by atoms with E-state index in [1.54, 1.807) is 12.2 Å². The van der Waals surface area contributed by atoms with E-state index in [2.05, 4.69) is 10.6 Å². The molecule has 3 atom stereocenters.